The Kier molecular flexibility index (Phi) is 5.61. The monoisotopic (exact) mass is 469 g/mol. The smallest absolute Gasteiger partial charge is 0.256 e. The largest absolute Gasteiger partial charge is 0.381 e. The number of carbonyl (C=O) groups excluding carboxylic acids is 1. The zero-order valence-corrected chi connectivity index (χ0v) is 18.4. The van der Waals surface area contributed by atoms with E-state index in [4.69, 9.17) is 17.3 Å². The molecule has 2 heterocycles. The van der Waals surface area contributed by atoms with Gasteiger partial charge in [0.2, 0.25) is 0 Å². The molecule has 5 rings (SSSR count). The third-order valence-electron chi connectivity index (χ3n) is 5.24. The van der Waals surface area contributed by atoms with E-state index in [-0.39, 0.29) is 17.2 Å². The molecule has 6 nitrogen and oxygen atoms in total. The predicted molar refractivity (Wildman–Crippen MR) is 132 cm³/mol. The summed E-state index contributed by atoms with van der Waals surface area (Å²) >= 11 is 6.52. The molecule has 0 saturated carbocycles. The van der Waals surface area contributed by atoms with E-state index >= 15 is 0 Å². The van der Waals surface area contributed by atoms with Crippen molar-refractivity contribution in [3.8, 4) is 22.5 Å². The number of nitrogen functional groups attached to an aromatic ring is 1. The second-order valence-electron chi connectivity index (χ2n) is 7.51. The van der Waals surface area contributed by atoms with Crippen LogP contribution in [0.4, 0.5) is 16.0 Å². The first kappa shape index (κ1) is 21.5. The maximum Gasteiger partial charge on any atom is 0.256 e. The first-order valence-corrected chi connectivity index (χ1v) is 10.7. The van der Waals surface area contributed by atoms with Crippen LogP contribution in [-0.2, 0) is 0 Å². The van der Waals surface area contributed by atoms with Gasteiger partial charge in [0.05, 0.1) is 21.9 Å². The minimum atomic E-state index is -0.486. The van der Waals surface area contributed by atoms with Gasteiger partial charge in [-0.25, -0.2) is 14.4 Å². The average molecular weight is 470 g/mol. The zero-order chi connectivity index (χ0) is 23.7. The Labute approximate surface area is 199 Å². The van der Waals surface area contributed by atoms with Gasteiger partial charge in [-0.2, -0.15) is 0 Å². The molecule has 166 valence electrons. The predicted octanol–water partition coefficient (Wildman–Crippen LogP) is 5.99. The summed E-state index contributed by atoms with van der Waals surface area (Å²) in [7, 11) is 0. The van der Waals surface area contributed by atoms with E-state index in [0.29, 0.717) is 27.5 Å². The van der Waals surface area contributed by atoms with Crippen molar-refractivity contribution in [2.45, 2.75) is 0 Å². The van der Waals surface area contributed by atoms with Crippen LogP contribution in [0, 0.1) is 5.82 Å². The molecule has 0 aliphatic carbocycles. The first-order chi connectivity index (χ1) is 16.5. The number of nitrogens with one attached hydrogen (secondary N) is 1. The highest BCUT2D eigenvalue weighted by molar-refractivity contribution is 6.35. The lowest BCUT2D eigenvalue weighted by Crippen LogP contribution is -2.16. The topological polar surface area (TPSA) is 93.8 Å². The normalized spacial score (nSPS) is 10.9. The van der Waals surface area contributed by atoms with E-state index in [9.17, 15) is 9.18 Å². The van der Waals surface area contributed by atoms with Crippen molar-refractivity contribution in [2.75, 3.05) is 11.1 Å². The fraction of sp³-hybridized carbons (Fsp3) is 0. The molecule has 0 radical (unpaired) electrons. The summed E-state index contributed by atoms with van der Waals surface area (Å²) in [6, 6.07) is 22.0. The summed E-state index contributed by atoms with van der Waals surface area (Å²) in [6.45, 7) is 0. The molecule has 0 bridgehead atoms. The number of aromatic nitrogens is 3. The molecule has 0 spiro atoms. The third kappa shape index (κ3) is 4.16. The highest BCUT2D eigenvalue weighted by Gasteiger charge is 2.19. The van der Waals surface area contributed by atoms with Gasteiger partial charge in [0.15, 0.2) is 11.6 Å². The van der Waals surface area contributed by atoms with E-state index in [2.05, 4.69) is 20.3 Å². The van der Waals surface area contributed by atoms with Crippen LogP contribution in [0.1, 0.15) is 10.4 Å². The summed E-state index contributed by atoms with van der Waals surface area (Å²) in [5.41, 5.74) is 9.64. The van der Waals surface area contributed by atoms with Crippen molar-refractivity contribution < 1.29 is 9.18 Å². The van der Waals surface area contributed by atoms with Crippen molar-refractivity contribution in [1.29, 1.82) is 0 Å². The van der Waals surface area contributed by atoms with Crippen molar-refractivity contribution in [3.63, 3.8) is 0 Å². The molecule has 0 unspecified atom stereocenters. The molecule has 0 atom stereocenters. The van der Waals surface area contributed by atoms with Crippen molar-refractivity contribution in [1.82, 2.24) is 15.0 Å². The molecular formula is C26H17ClFN5O. The van der Waals surface area contributed by atoms with Crippen molar-refractivity contribution in [2.24, 2.45) is 0 Å². The minimum Gasteiger partial charge on any atom is -0.381 e. The number of carbonyl (C=O) groups is 1. The van der Waals surface area contributed by atoms with Gasteiger partial charge in [-0.05, 0) is 42.5 Å². The number of fused-ring (bicyclic) bond motifs is 1. The number of hydrogen-bond acceptors (Lipinski definition) is 5. The molecule has 8 heteroatoms. The van der Waals surface area contributed by atoms with E-state index < -0.39 is 11.7 Å². The zero-order valence-electron chi connectivity index (χ0n) is 17.7. The van der Waals surface area contributed by atoms with Crippen LogP contribution >= 0.6 is 11.6 Å². The maximum absolute atomic E-state index is 13.2. The minimum absolute atomic E-state index is 0.0478. The number of halogens is 2. The van der Waals surface area contributed by atoms with E-state index in [1.807, 2.05) is 48.5 Å². The van der Waals surface area contributed by atoms with Crippen LogP contribution in [0.3, 0.4) is 0 Å². The number of amides is 1. The molecule has 0 saturated heterocycles. The van der Waals surface area contributed by atoms with Gasteiger partial charge in [0, 0.05) is 28.3 Å². The molecule has 2 aromatic heterocycles. The van der Waals surface area contributed by atoms with Crippen molar-refractivity contribution >= 4 is 40.0 Å². The summed E-state index contributed by atoms with van der Waals surface area (Å²) in [5, 5.41) is 3.97. The quantitative estimate of drug-likeness (QED) is 0.337. The van der Waals surface area contributed by atoms with Crippen LogP contribution < -0.4 is 11.1 Å². The van der Waals surface area contributed by atoms with Crippen LogP contribution in [0.2, 0.25) is 5.02 Å². The third-order valence-corrected chi connectivity index (χ3v) is 5.53. The van der Waals surface area contributed by atoms with Crippen LogP contribution in [-0.4, -0.2) is 20.9 Å². The Bertz CT molecular complexity index is 1520. The van der Waals surface area contributed by atoms with Gasteiger partial charge in [-0.1, -0.05) is 48.0 Å². The maximum atomic E-state index is 13.2. The standard InChI is InChI=1S/C26H17ClFN5O/c27-20-14-18(13-17-7-4-12-30-21(17)20)23-22(15-5-2-1-3-6-15)31-24(29)25(32-23)33-26(34)16-8-10-19(28)11-9-16/h1-14H,(H2,29,31)(H,32,33,34). The summed E-state index contributed by atoms with van der Waals surface area (Å²) in [4.78, 5) is 26.3. The molecule has 0 fully saturated rings. The van der Waals surface area contributed by atoms with Gasteiger partial charge in [-0.15, -0.1) is 0 Å². The molecular weight excluding hydrogens is 453 g/mol. The average Bonchev–Trinajstić information content (AvgIpc) is 2.86. The Hall–Kier alpha value is -4.36. The van der Waals surface area contributed by atoms with Gasteiger partial charge < -0.3 is 11.1 Å². The fourth-order valence-electron chi connectivity index (χ4n) is 3.60. The first-order valence-electron chi connectivity index (χ1n) is 10.3. The number of pyridine rings is 1. The number of benzene rings is 3. The lowest BCUT2D eigenvalue weighted by Gasteiger charge is -2.14. The highest BCUT2D eigenvalue weighted by atomic mass is 35.5. The lowest BCUT2D eigenvalue weighted by atomic mass is 10.0. The number of nitrogens with zero attached hydrogens (tertiary/aromatic N) is 3. The van der Waals surface area contributed by atoms with E-state index in [1.165, 1.54) is 24.3 Å². The van der Waals surface area contributed by atoms with E-state index in [0.717, 1.165) is 10.9 Å². The number of hydrogen-bond donors (Lipinski definition) is 2. The Balaban J connectivity index is 1.65. The van der Waals surface area contributed by atoms with Gasteiger partial charge >= 0.3 is 0 Å². The molecule has 1 amide bonds. The summed E-state index contributed by atoms with van der Waals surface area (Å²) in [6.07, 6.45) is 1.68. The highest BCUT2D eigenvalue weighted by Crippen LogP contribution is 2.35. The number of nitrogens with two attached hydrogens (primary N) is 1. The van der Waals surface area contributed by atoms with Gasteiger partial charge in [0.1, 0.15) is 5.82 Å². The SMILES string of the molecule is Nc1nc(-c2ccccc2)c(-c2cc(Cl)c3ncccc3c2)nc1NC(=O)c1ccc(F)cc1. The molecule has 5 aromatic rings. The molecule has 3 N–H and O–H groups in total. The second kappa shape index (κ2) is 8.88. The number of anilines is 2. The second-order valence-corrected chi connectivity index (χ2v) is 7.92. The summed E-state index contributed by atoms with van der Waals surface area (Å²) < 4.78 is 13.2. The molecule has 34 heavy (non-hydrogen) atoms. The Morgan fingerprint density at radius 2 is 1.62 bits per heavy atom. The Morgan fingerprint density at radius 3 is 2.38 bits per heavy atom. The number of rotatable bonds is 4. The van der Waals surface area contributed by atoms with Gasteiger partial charge in [-0.3, -0.25) is 9.78 Å². The van der Waals surface area contributed by atoms with Crippen molar-refractivity contribution in [3.05, 3.63) is 101 Å². The Morgan fingerprint density at radius 1 is 0.882 bits per heavy atom. The molecule has 0 aliphatic rings. The van der Waals surface area contributed by atoms with Crippen LogP contribution in [0.5, 0.6) is 0 Å². The fourth-order valence-corrected chi connectivity index (χ4v) is 3.88. The molecule has 0 aliphatic heterocycles. The summed E-state index contributed by atoms with van der Waals surface area (Å²) in [5.74, 6) is -0.786. The van der Waals surface area contributed by atoms with E-state index in [1.54, 1.807) is 12.3 Å². The lowest BCUT2D eigenvalue weighted by molar-refractivity contribution is 0.102. The van der Waals surface area contributed by atoms with Crippen LogP contribution in [0.15, 0.2) is 85.1 Å². The van der Waals surface area contributed by atoms with Crippen LogP contribution in [0.25, 0.3) is 33.4 Å². The van der Waals surface area contributed by atoms with Gasteiger partial charge in [0.25, 0.3) is 5.91 Å². The molecule has 3 aromatic carbocycles.